The van der Waals surface area contributed by atoms with E-state index in [9.17, 15) is 25.6 Å². The molecule has 11 nitrogen and oxygen atoms in total. The Kier molecular flexibility index (Phi) is 7.80. The van der Waals surface area contributed by atoms with E-state index in [4.69, 9.17) is 5.73 Å². The molecule has 2 aliphatic rings. The number of benzene rings is 1. The second-order valence-corrected chi connectivity index (χ2v) is 14.1. The lowest BCUT2D eigenvalue weighted by molar-refractivity contribution is 0.388. The SMILES string of the molecule is CS(=O)(=O)N1CCN(c2nc(-c3cccc(NS(=O)(=O)C4CC(F)=CC=C4F)c3F)c(-c3ccnc(N)n3)s2)CC1. The molecule has 218 valence electrons. The average molecular weight is 628 g/mol. The van der Waals surface area contributed by atoms with Crippen LogP contribution in [0.5, 0.6) is 0 Å². The van der Waals surface area contributed by atoms with E-state index in [0.717, 1.165) is 24.5 Å². The zero-order valence-electron chi connectivity index (χ0n) is 21.5. The monoisotopic (exact) mass is 627 g/mol. The van der Waals surface area contributed by atoms with E-state index in [1.807, 2.05) is 4.90 Å². The summed E-state index contributed by atoms with van der Waals surface area (Å²) in [6, 6.07) is 5.51. The number of rotatable bonds is 7. The van der Waals surface area contributed by atoms with Gasteiger partial charge in [0.1, 0.15) is 16.9 Å². The second kappa shape index (κ2) is 11.0. The smallest absolute Gasteiger partial charge is 0.242 e. The number of sulfonamides is 2. The van der Waals surface area contributed by atoms with Crippen molar-refractivity contribution in [2.45, 2.75) is 11.7 Å². The first-order chi connectivity index (χ1) is 19.3. The van der Waals surface area contributed by atoms with Gasteiger partial charge in [0.15, 0.2) is 10.9 Å². The molecule has 0 radical (unpaired) electrons. The van der Waals surface area contributed by atoms with Gasteiger partial charge in [-0.2, -0.15) is 4.31 Å². The average Bonchev–Trinajstić information content (AvgIpc) is 3.36. The Labute approximate surface area is 238 Å². The third-order valence-electron chi connectivity index (χ3n) is 6.49. The van der Waals surface area contributed by atoms with Crippen LogP contribution in [0.3, 0.4) is 0 Å². The molecule has 1 fully saturated rings. The molecule has 0 spiro atoms. The van der Waals surface area contributed by atoms with Crippen molar-refractivity contribution < 1.29 is 30.0 Å². The fraction of sp³-hybridized carbons (Fsp3) is 0.292. The van der Waals surface area contributed by atoms with Crippen molar-refractivity contribution in [3.8, 4) is 21.8 Å². The maximum Gasteiger partial charge on any atom is 0.242 e. The molecule has 0 amide bonds. The molecule has 1 unspecified atom stereocenters. The number of nitrogens with two attached hydrogens (primary N) is 1. The van der Waals surface area contributed by atoms with E-state index in [2.05, 4.69) is 19.7 Å². The van der Waals surface area contributed by atoms with Crippen molar-refractivity contribution >= 4 is 48.2 Å². The molecular weight excluding hydrogens is 604 g/mol. The Morgan fingerprint density at radius 2 is 1.76 bits per heavy atom. The van der Waals surface area contributed by atoms with Crippen LogP contribution in [0.4, 0.5) is 29.9 Å². The number of thiazole rings is 1. The minimum absolute atomic E-state index is 0.0315. The molecule has 2 aromatic heterocycles. The number of hydrogen-bond donors (Lipinski definition) is 2. The van der Waals surface area contributed by atoms with Crippen LogP contribution >= 0.6 is 11.3 Å². The van der Waals surface area contributed by atoms with Gasteiger partial charge in [0.2, 0.25) is 26.0 Å². The Morgan fingerprint density at radius 3 is 2.44 bits per heavy atom. The molecule has 17 heteroatoms. The van der Waals surface area contributed by atoms with E-state index in [1.54, 1.807) is 6.07 Å². The van der Waals surface area contributed by atoms with Gasteiger partial charge in [-0.1, -0.05) is 17.4 Å². The third kappa shape index (κ3) is 6.07. The lowest BCUT2D eigenvalue weighted by Crippen LogP contribution is -2.48. The topological polar surface area (TPSA) is 151 Å². The number of aromatic nitrogens is 3. The van der Waals surface area contributed by atoms with Gasteiger partial charge in [0.25, 0.3) is 0 Å². The van der Waals surface area contributed by atoms with Crippen LogP contribution in [0.1, 0.15) is 6.42 Å². The summed E-state index contributed by atoms with van der Waals surface area (Å²) in [4.78, 5) is 15.0. The summed E-state index contributed by atoms with van der Waals surface area (Å²) in [5.41, 5.74) is 5.69. The first-order valence-corrected chi connectivity index (χ1v) is 16.4. The standard InChI is InChI=1S/C24H24F3N7O4S3/c1-40(35,36)34-11-9-33(10-12-34)24-31-21(22(39-24)18-7-8-29-23(28)30-18)15-3-2-4-17(20(15)27)32-41(37,38)19-13-14(25)5-6-16(19)26/h2-8,19,32H,9-13H2,1H3,(H2,28,29,30). The van der Waals surface area contributed by atoms with Gasteiger partial charge in [0.05, 0.1) is 28.2 Å². The molecule has 0 saturated carbocycles. The molecule has 1 aliphatic heterocycles. The Bertz CT molecular complexity index is 1770. The number of anilines is 3. The van der Waals surface area contributed by atoms with Gasteiger partial charge in [0, 0.05) is 44.4 Å². The maximum atomic E-state index is 15.9. The molecule has 41 heavy (non-hydrogen) atoms. The first-order valence-electron chi connectivity index (χ1n) is 12.2. The number of hydrogen-bond acceptors (Lipinski definition) is 10. The van der Waals surface area contributed by atoms with Crippen LogP contribution < -0.4 is 15.4 Å². The Balaban J connectivity index is 1.53. The molecule has 3 heterocycles. The number of allylic oxidation sites excluding steroid dienone is 3. The molecule has 1 aromatic carbocycles. The lowest BCUT2D eigenvalue weighted by Gasteiger charge is -2.32. The lowest BCUT2D eigenvalue weighted by atomic mass is 10.1. The highest BCUT2D eigenvalue weighted by Gasteiger charge is 2.34. The van der Waals surface area contributed by atoms with Crippen molar-refractivity contribution in [1.29, 1.82) is 0 Å². The molecule has 0 bridgehead atoms. The van der Waals surface area contributed by atoms with Crippen LogP contribution in [0.15, 0.2) is 54.3 Å². The second-order valence-electron chi connectivity index (χ2n) is 9.30. The summed E-state index contributed by atoms with van der Waals surface area (Å²) in [5.74, 6) is -2.92. The number of nitrogen functional groups attached to an aromatic ring is 1. The van der Waals surface area contributed by atoms with E-state index in [1.165, 1.54) is 34.0 Å². The summed E-state index contributed by atoms with van der Waals surface area (Å²) < 4.78 is 97.0. The van der Waals surface area contributed by atoms with E-state index in [0.29, 0.717) is 28.8 Å². The van der Waals surface area contributed by atoms with Crippen LogP contribution in [0, 0.1) is 5.82 Å². The predicted octanol–water partition coefficient (Wildman–Crippen LogP) is 3.29. The zero-order valence-corrected chi connectivity index (χ0v) is 23.9. The van der Waals surface area contributed by atoms with Crippen molar-refractivity contribution in [2.24, 2.45) is 0 Å². The summed E-state index contributed by atoms with van der Waals surface area (Å²) in [7, 11) is -7.93. The van der Waals surface area contributed by atoms with Crippen molar-refractivity contribution in [3.63, 3.8) is 0 Å². The van der Waals surface area contributed by atoms with Gasteiger partial charge >= 0.3 is 0 Å². The molecule has 1 atom stereocenters. The van der Waals surface area contributed by atoms with Crippen LogP contribution in [-0.2, 0) is 20.0 Å². The van der Waals surface area contributed by atoms with Gasteiger partial charge < -0.3 is 10.6 Å². The Hall–Kier alpha value is -3.54. The van der Waals surface area contributed by atoms with Crippen LogP contribution in [0.25, 0.3) is 21.8 Å². The molecule has 1 aliphatic carbocycles. The quantitative estimate of drug-likeness (QED) is 0.402. The highest BCUT2D eigenvalue weighted by molar-refractivity contribution is 7.93. The normalized spacial score (nSPS) is 18.6. The van der Waals surface area contributed by atoms with Gasteiger partial charge in [-0.3, -0.25) is 4.72 Å². The number of piperazine rings is 1. The highest BCUT2D eigenvalue weighted by atomic mass is 32.2. The van der Waals surface area contributed by atoms with Gasteiger partial charge in [-0.25, -0.2) is 45.0 Å². The van der Waals surface area contributed by atoms with E-state index < -0.39 is 54.9 Å². The van der Waals surface area contributed by atoms with Crippen LogP contribution in [-0.4, -0.2) is 73.8 Å². The summed E-state index contributed by atoms with van der Waals surface area (Å²) in [6.07, 6.45) is 3.40. The highest BCUT2D eigenvalue weighted by Crippen LogP contribution is 2.42. The third-order valence-corrected chi connectivity index (χ3v) is 10.6. The molecule has 5 rings (SSSR count). The fourth-order valence-electron chi connectivity index (χ4n) is 4.41. The minimum Gasteiger partial charge on any atom is -0.368 e. The molecule has 3 N–H and O–H groups in total. The summed E-state index contributed by atoms with van der Waals surface area (Å²) in [5, 5.41) is -1.39. The van der Waals surface area contributed by atoms with Crippen LogP contribution in [0.2, 0.25) is 0 Å². The molecule has 3 aromatic rings. The minimum atomic E-state index is -4.57. The Morgan fingerprint density at radius 1 is 1.02 bits per heavy atom. The van der Waals surface area contributed by atoms with E-state index in [-0.39, 0.29) is 30.3 Å². The summed E-state index contributed by atoms with van der Waals surface area (Å²) >= 11 is 1.17. The fourth-order valence-corrected chi connectivity index (χ4v) is 7.70. The molecule has 1 saturated heterocycles. The van der Waals surface area contributed by atoms with Gasteiger partial charge in [-0.05, 0) is 30.4 Å². The largest absolute Gasteiger partial charge is 0.368 e. The van der Waals surface area contributed by atoms with E-state index >= 15 is 4.39 Å². The van der Waals surface area contributed by atoms with Crippen molar-refractivity contribution in [3.05, 3.63) is 60.1 Å². The first kappa shape index (κ1) is 29.0. The van der Waals surface area contributed by atoms with Crippen molar-refractivity contribution in [1.82, 2.24) is 19.3 Å². The van der Waals surface area contributed by atoms with Gasteiger partial charge in [-0.15, -0.1) is 0 Å². The number of nitrogens with one attached hydrogen (secondary N) is 1. The summed E-state index contributed by atoms with van der Waals surface area (Å²) in [6.45, 7) is 1.13. The molecular formula is C24H24F3N7O4S3. The zero-order chi connectivity index (χ0) is 29.5. The maximum absolute atomic E-state index is 15.9. The van der Waals surface area contributed by atoms with Crippen molar-refractivity contribution in [2.75, 3.05) is 47.8 Å². The number of nitrogens with zero attached hydrogens (tertiary/aromatic N) is 5. The number of halogens is 3. The predicted molar refractivity (Wildman–Crippen MR) is 151 cm³/mol.